The maximum atomic E-state index is 10.4. The van der Waals surface area contributed by atoms with Gasteiger partial charge < -0.3 is 18.9 Å². The van der Waals surface area contributed by atoms with Crippen LogP contribution in [0.5, 0.6) is 0 Å². The van der Waals surface area contributed by atoms with Gasteiger partial charge in [-0.1, -0.05) is 0 Å². The number of aromatic carboxylic acids is 1. The molecule has 0 N–H and O–H groups in total. The third kappa shape index (κ3) is 4.46. The first-order valence-corrected chi connectivity index (χ1v) is 4.49. The zero-order chi connectivity index (χ0) is 9.30. The van der Waals surface area contributed by atoms with E-state index in [0.29, 0.717) is 0 Å². The van der Waals surface area contributed by atoms with Gasteiger partial charge in [0.15, 0.2) is 10.4 Å². The molecule has 0 amide bonds. The number of carbonyl (C=O) groups excluding carboxylic acids is 1. The Bertz CT molecular complexity index is 352. The SMILES string of the molecule is O=C([O-])c1cc(S(=O)[O-])c(Br)o1.[Na+].[Na+]. The molecule has 14 heavy (non-hydrogen) atoms. The number of carboxylic acids is 1. The summed E-state index contributed by atoms with van der Waals surface area (Å²) in [4.78, 5) is 9.92. The first-order chi connectivity index (χ1) is 5.52. The van der Waals surface area contributed by atoms with Crippen LogP contribution in [0.15, 0.2) is 20.0 Å². The van der Waals surface area contributed by atoms with Gasteiger partial charge in [0.1, 0.15) is 5.97 Å². The van der Waals surface area contributed by atoms with Crippen LogP contribution < -0.4 is 64.2 Å². The Morgan fingerprint density at radius 1 is 1.50 bits per heavy atom. The molecule has 0 aliphatic heterocycles. The van der Waals surface area contributed by atoms with Crippen molar-refractivity contribution in [2.75, 3.05) is 0 Å². The summed E-state index contributed by atoms with van der Waals surface area (Å²) in [5, 5.41) is 10.2. The summed E-state index contributed by atoms with van der Waals surface area (Å²) in [6.07, 6.45) is 0. The second kappa shape index (κ2) is 7.59. The van der Waals surface area contributed by atoms with Gasteiger partial charge in [-0.3, -0.25) is 4.21 Å². The fourth-order valence-corrected chi connectivity index (χ4v) is 1.63. The first kappa shape index (κ1) is 17.7. The molecule has 1 heterocycles. The van der Waals surface area contributed by atoms with Crippen molar-refractivity contribution in [1.82, 2.24) is 0 Å². The van der Waals surface area contributed by atoms with E-state index in [2.05, 4.69) is 20.3 Å². The molecule has 0 radical (unpaired) electrons. The van der Waals surface area contributed by atoms with Crippen LogP contribution in [0.25, 0.3) is 0 Å². The summed E-state index contributed by atoms with van der Waals surface area (Å²) in [6.45, 7) is 0. The number of halogens is 1. The van der Waals surface area contributed by atoms with Crippen LogP contribution in [-0.2, 0) is 11.1 Å². The normalized spacial score (nSPS) is 11.0. The van der Waals surface area contributed by atoms with E-state index in [1.165, 1.54) is 0 Å². The topological polar surface area (TPSA) is 93.4 Å². The van der Waals surface area contributed by atoms with Crippen molar-refractivity contribution in [3.05, 3.63) is 16.5 Å². The fraction of sp³-hybridized carbons (Fsp3) is 0. The Balaban J connectivity index is 0. The molecule has 0 aliphatic rings. The maximum absolute atomic E-state index is 10.4. The largest absolute Gasteiger partial charge is 1.00 e. The molecule has 1 aromatic heterocycles. The second-order valence-corrected chi connectivity index (χ2v) is 3.40. The van der Waals surface area contributed by atoms with Gasteiger partial charge in [0, 0.05) is 6.07 Å². The fourth-order valence-electron chi connectivity index (χ4n) is 0.566. The smallest absolute Gasteiger partial charge is 0.768 e. The predicted octanol–water partition coefficient (Wildman–Crippen LogP) is -6.35. The molecule has 0 saturated carbocycles. The van der Waals surface area contributed by atoms with Crippen LogP contribution in [0.4, 0.5) is 0 Å². The van der Waals surface area contributed by atoms with E-state index in [0.717, 1.165) is 6.07 Å². The zero-order valence-corrected chi connectivity index (χ0v) is 13.8. The van der Waals surface area contributed by atoms with Gasteiger partial charge in [0.25, 0.3) is 0 Å². The minimum absolute atomic E-state index is 0. The van der Waals surface area contributed by atoms with Crippen molar-refractivity contribution in [3.8, 4) is 0 Å². The van der Waals surface area contributed by atoms with Crippen LogP contribution in [-0.4, -0.2) is 14.7 Å². The predicted molar refractivity (Wildman–Crippen MR) is 37.9 cm³/mol. The molecule has 0 aliphatic carbocycles. The van der Waals surface area contributed by atoms with E-state index in [1.54, 1.807) is 0 Å². The van der Waals surface area contributed by atoms with E-state index in [-0.39, 0.29) is 68.7 Å². The van der Waals surface area contributed by atoms with Crippen molar-refractivity contribution in [2.24, 2.45) is 0 Å². The van der Waals surface area contributed by atoms with Crippen molar-refractivity contribution < 1.29 is 82.2 Å². The molecule has 0 aromatic carbocycles. The molecule has 5 nitrogen and oxygen atoms in total. The summed E-state index contributed by atoms with van der Waals surface area (Å²) >= 11 is 0.217. The third-order valence-electron chi connectivity index (χ3n) is 1.04. The molecule has 66 valence electrons. The minimum Gasteiger partial charge on any atom is -0.768 e. The Hall–Kier alpha value is 1.34. The molecule has 0 fully saturated rings. The Morgan fingerprint density at radius 2 is 2.00 bits per heavy atom. The number of carboxylic acid groups (broad SMARTS) is 1. The summed E-state index contributed by atoms with van der Waals surface area (Å²) in [5.41, 5.74) is 0. The summed E-state index contributed by atoms with van der Waals surface area (Å²) in [7, 11) is 0. The number of furan rings is 1. The molecule has 0 spiro atoms. The standard InChI is InChI=1S/C5H3BrO5S.2Na/c6-4-3(12(9)10)1-2(11-4)5(7)8;;/h1H,(H,7,8)(H,9,10);;/q;2*+1/p-2. The van der Waals surface area contributed by atoms with Crippen molar-refractivity contribution in [3.63, 3.8) is 0 Å². The molecule has 9 heteroatoms. The molecule has 1 unspecified atom stereocenters. The Labute approximate surface area is 135 Å². The molecule has 0 bridgehead atoms. The van der Waals surface area contributed by atoms with Crippen LogP contribution in [0, 0.1) is 0 Å². The van der Waals surface area contributed by atoms with Gasteiger partial charge in [0.05, 0.1) is 4.90 Å². The summed E-state index contributed by atoms with van der Waals surface area (Å²) in [6, 6.07) is 0.864. The Morgan fingerprint density at radius 3 is 2.21 bits per heavy atom. The average Bonchev–Trinajstić information content (AvgIpc) is 2.30. The number of rotatable bonds is 2. The van der Waals surface area contributed by atoms with Crippen LogP contribution >= 0.6 is 15.9 Å². The number of hydrogen-bond donors (Lipinski definition) is 0. The van der Waals surface area contributed by atoms with Gasteiger partial charge in [0.2, 0.25) is 0 Å². The molecule has 1 atom stereocenters. The second-order valence-electron chi connectivity index (χ2n) is 1.77. The van der Waals surface area contributed by atoms with Gasteiger partial charge in [-0.15, -0.1) is 0 Å². The zero-order valence-electron chi connectivity index (χ0n) is 7.40. The van der Waals surface area contributed by atoms with E-state index in [9.17, 15) is 18.7 Å². The van der Waals surface area contributed by atoms with Crippen molar-refractivity contribution in [2.45, 2.75) is 4.90 Å². The summed E-state index contributed by atoms with van der Waals surface area (Å²) in [5.74, 6) is -2.09. The number of hydrogen-bond acceptors (Lipinski definition) is 5. The third-order valence-corrected chi connectivity index (χ3v) is 2.55. The van der Waals surface area contributed by atoms with Gasteiger partial charge in [-0.05, 0) is 27.0 Å². The summed E-state index contributed by atoms with van der Waals surface area (Å²) < 4.78 is 25.1. The molecule has 1 aromatic rings. The van der Waals surface area contributed by atoms with E-state index in [4.69, 9.17) is 0 Å². The van der Waals surface area contributed by atoms with Gasteiger partial charge in [-0.25, -0.2) is 0 Å². The van der Waals surface area contributed by atoms with E-state index >= 15 is 0 Å². The van der Waals surface area contributed by atoms with E-state index in [1.807, 2.05) is 0 Å². The van der Waals surface area contributed by atoms with Gasteiger partial charge in [-0.2, -0.15) is 0 Å². The van der Waals surface area contributed by atoms with Crippen molar-refractivity contribution >= 4 is 33.0 Å². The number of carbonyl (C=O) groups is 1. The maximum Gasteiger partial charge on any atom is 1.00 e. The van der Waals surface area contributed by atoms with Crippen molar-refractivity contribution in [1.29, 1.82) is 0 Å². The average molecular weight is 299 g/mol. The monoisotopic (exact) mass is 298 g/mol. The molecular weight excluding hydrogens is 298 g/mol. The van der Waals surface area contributed by atoms with E-state index < -0.39 is 22.8 Å². The quantitative estimate of drug-likeness (QED) is 0.400. The minimum atomic E-state index is -2.52. The van der Waals surface area contributed by atoms with Crippen LogP contribution in [0.3, 0.4) is 0 Å². The molecule has 1 rings (SSSR count). The van der Waals surface area contributed by atoms with Gasteiger partial charge >= 0.3 is 59.1 Å². The van der Waals surface area contributed by atoms with Crippen LogP contribution in [0.2, 0.25) is 0 Å². The molecule has 0 saturated heterocycles. The first-order valence-electron chi connectivity index (χ1n) is 2.62. The van der Waals surface area contributed by atoms with Crippen LogP contribution in [0.1, 0.15) is 10.6 Å². The molecular formula is C5HBrNa2O5S. The Kier molecular flexibility index (Phi) is 9.61.